The highest BCUT2D eigenvalue weighted by Crippen LogP contribution is 2.27. The minimum absolute atomic E-state index is 0.0686. The molecular weight excluding hydrogens is 396 g/mol. The van der Waals surface area contributed by atoms with Crippen LogP contribution in [0.3, 0.4) is 0 Å². The number of nitrogens with one attached hydrogen (secondary N) is 2. The van der Waals surface area contributed by atoms with Gasteiger partial charge in [-0.1, -0.05) is 15.9 Å². The van der Waals surface area contributed by atoms with Gasteiger partial charge < -0.3 is 15.4 Å². The van der Waals surface area contributed by atoms with Crippen LogP contribution in [-0.2, 0) is 11.2 Å². The summed E-state index contributed by atoms with van der Waals surface area (Å²) in [4.78, 5) is 20.0. The molecule has 7 heteroatoms. The van der Waals surface area contributed by atoms with Gasteiger partial charge in [0.05, 0.1) is 12.1 Å². The van der Waals surface area contributed by atoms with Crippen molar-refractivity contribution in [2.45, 2.75) is 12.8 Å². The van der Waals surface area contributed by atoms with Crippen LogP contribution >= 0.6 is 15.9 Å². The number of aryl methyl sites for hydroxylation is 1. The smallest absolute Gasteiger partial charge is 0.224 e. The molecule has 26 heavy (non-hydrogen) atoms. The topological polar surface area (TPSA) is 76.1 Å². The molecule has 0 atom stereocenters. The van der Waals surface area contributed by atoms with Crippen LogP contribution in [0.5, 0.6) is 5.75 Å². The SMILES string of the molecule is O=C1CCc2cc(OCCNc3ncnc4ccc(Br)cc34)ccc2N1. The molecule has 4 rings (SSSR count). The van der Waals surface area contributed by atoms with Gasteiger partial charge in [-0.2, -0.15) is 0 Å². The van der Waals surface area contributed by atoms with Gasteiger partial charge in [-0.3, -0.25) is 4.79 Å². The van der Waals surface area contributed by atoms with Crippen LogP contribution in [0.15, 0.2) is 47.2 Å². The van der Waals surface area contributed by atoms with Gasteiger partial charge in [0.15, 0.2) is 0 Å². The Morgan fingerprint density at radius 3 is 3.00 bits per heavy atom. The minimum atomic E-state index is 0.0686. The summed E-state index contributed by atoms with van der Waals surface area (Å²) in [5, 5.41) is 7.14. The molecule has 0 radical (unpaired) electrons. The number of benzene rings is 2. The number of rotatable bonds is 5. The third-order valence-corrected chi connectivity index (χ3v) is 4.73. The van der Waals surface area contributed by atoms with Gasteiger partial charge in [0.25, 0.3) is 0 Å². The van der Waals surface area contributed by atoms with Crippen LogP contribution in [0.1, 0.15) is 12.0 Å². The summed E-state index contributed by atoms with van der Waals surface area (Å²) in [5.74, 6) is 1.66. The quantitative estimate of drug-likeness (QED) is 0.623. The summed E-state index contributed by atoms with van der Waals surface area (Å²) < 4.78 is 6.81. The van der Waals surface area contributed by atoms with E-state index >= 15 is 0 Å². The molecule has 132 valence electrons. The van der Waals surface area contributed by atoms with Crippen LogP contribution in [0, 0.1) is 0 Å². The summed E-state index contributed by atoms with van der Waals surface area (Å²) in [6.45, 7) is 1.12. The summed E-state index contributed by atoms with van der Waals surface area (Å²) in [6, 6.07) is 11.7. The third-order valence-electron chi connectivity index (χ3n) is 4.23. The predicted molar refractivity (Wildman–Crippen MR) is 105 cm³/mol. The number of nitrogens with zero attached hydrogens (tertiary/aromatic N) is 2. The summed E-state index contributed by atoms with van der Waals surface area (Å²) in [5.41, 5.74) is 2.88. The van der Waals surface area contributed by atoms with Crippen molar-refractivity contribution in [2.75, 3.05) is 23.8 Å². The lowest BCUT2D eigenvalue weighted by atomic mass is 10.0. The molecule has 0 saturated heterocycles. The zero-order valence-electron chi connectivity index (χ0n) is 14.0. The first-order valence-electron chi connectivity index (χ1n) is 8.39. The first-order valence-corrected chi connectivity index (χ1v) is 9.18. The predicted octanol–water partition coefficient (Wildman–Crippen LogP) is 3.77. The lowest BCUT2D eigenvalue weighted by Crippen LogP contribution is -2.19. The Hall–Kier alpha value is -2.67. The second kappa shape index (κ2) is 7.29. The van der Waals surface area contributed by atoms with E-state index in [1.54, 1.807) is 6.33 Å². The van der Waals surface area contributed by atoms with Crippen molar-refractivity contribution in [2.24, 2.45) is 0 Å². The highest BCUT2D eigenvalue weighted by molar-refractivity contribution is 9.10. The van der Waals surface area contributed by atoms with Crippen molar-refractivity contribution in [3.8, 4) is 5.75 Å². The number of hydrogen-bond donors (Lipinski definition) is 2. The Kier molecular flexibility index (Phi) is 4.71. The number of aromatic nitrogens is 2. The van der Waals surface area contributed by atoms with E-state index in [9.17, 15) is 4.79 Å². The Bertz CT molecular complexity index is 977. The van der Waals surface area contributed by atoms with Gasteiger partial charge in [-0.25, -0.2) is 9.97 Å². The largest absolute Gasteiger partial charge is 0.492 e. The zero-order chi connectivity index (χ0) is 17.9. The van der Waals surface area contributed by atoms with Crippen LogP contribution in [0.2, 0.25) is 0 Å². The third kappa shape index (κ3) is 3.62. The fourth-order valence-corrected chi connectivity index (χ4v) is 3.32. The van der Waals surface area contributed by atoms with Crippen LogP contribution in [0.25, 0.3) is 10.9 Å². The number of halogens is 1. The molecule has 0 unspecified atom stereocenters. The van der Waals surface area contributed by atoms with Crippen molar-refractivity contribution in [1.82, 2.24) is 9.97 Å². The fourth-order valence-electron chi connectivity index (χ4n) is 2.96. The van der Waals surface area contributed by atoms with E-state index in [4.69, 9.17) is 4.74 Å². The number of carbonyl (C=O) groups is 1. The fraction of sp³-hybridized carbons (Fsp3) is 0.211. The molecular formula is C19H17BrN4O2. The number of amides is 1. The Balaban J connectivity index is 1.37. The lowest BCUT2D eigenvalue weighted by Gasteiger charge is -2.17. The summed E-state index contributed by atoms with van der Waals surface area (Å²) in [6.07, 6.45) is 2.82. The maximum atomic E-state index is 11.4. The molecule has 0 bridgehead atoms. The Labute approximate surface area is 159 Å². The minimum Gasteiger partial charge on any atom is -0.492 e. The van der Waals surface area contributed by atoms with Gasteiger partial charge in [0, 0.05) is 22.0 Å². The number of fused-ring (bicyclic) bond motifs is 2. The van der Waals surface area contributed by atoms with E-state index in [1.807, 2.05) is 36.4 Å². The molecule has 6 nitrogen and oxygen atoms in total. The molecule has 2 aromatic carbocycles. The normalized spacial score (nSPS) is 13.2. The van der Waals surface area contributed by atoms with E-state index < -0.39 is 0 Å². The molecule has 0 aliphatic carbocycles. The number of hydrogen-bond acceptors (Lipinski definition) is 5. The molecule has 0 saturated carbocycles. The molecule has 1 amide bonds. The maximum Gasteiger partial charge on any atom is 0.224 e. The second-order valence-corrected chi connectivity index (χ2v) is 6.94. The van der Waals surface area contributed by atoms with E-state index in [2.05, 4.69) is 36.5 Å². The van der Waals surface area contributed by atoms with E-state index in [1.165, 1.54) is 0 Å². The van der Waals surface area contributed by atoms with Crippen LogP contribution in [-0.4, -0.2) is 29.0 Å². The van der Waals surface area contributed by atoms with E-state index in [0.717, 1.165) is 44.6 Å². The monoisotopic (exact) mass is 412 g/mol. The highest BCUT2D eigenvalue weighted by atomic mass is 79.9. The van der Waals surface area contributed by atoms with Crippen LogP contribution in [0.4, 0.5) is 11.5 Å². The van der Waals surface area contributed by atoms with Crippen molar-refractivity contribution >= 4 is 44.2 Å². The standard InChI is InChI=1S/C19H17BrN4O2/c20-13-2-4-17-15(10-13)19(23-11-22-17)21-7-8-26-14-3-5-16-12(9-14)1-6-18(25)24-16/h2-5,9-11H,1,6-8H2,(H,24,25)(H,21,22,23). The van der Waals surface area contributed by atoms with E-state index in [-0.39, 0.29) is 5.91 Å². The maximum absolute atomic E-state index is 11.4. The van der Waals surface area contributed by atoms with Gasteiger partial charge in [-0.15, -0.1) is 0 Å². The second-order valence-electron chi connectivity index (χ2n) is 6.03. The average Bonchev–Trinajstić information content (AvgIpc) is 2.65. The molecule has 0 spiro atoms. The number of ether oxygens (including phenoxy) is 1. The molecule has 1 aromatic heterocycles. The van der Waals surface area contributed by atoms with Crippen molar-refractivity contribution in [3.05, 3.63) is 52.8 Å². The summed E-state index contributed by atoms with van der Waals surface area (Å²) in [7, 11) is 0. The van der Waals surface area contributed by atoms with Gasteiger partial charge >= 0.3 is 0 Å². The van der Waals surface area contributed by atoms with Crippen molar-refractivity contribution in [3.63, 3.8) is 0 Å². The number of carbonyl (C=O) groups excluding carboxylic acids is 1. The average molecular weight is 413 g/mol. The molecule has 0 fully saturated rings. The number of anilines is 2. The van der Waals surface area contributed by atoms with Gasteiger partial charge in [0.2, 0.25) is 5.91 Å². The molecule has 2 heterocycles. The lowest BCUT2D eigenvalue weighted by molar-refractivity contribution is -0.116. The van der Waals surface area contributed by atoms with Crippen LogP contribution < -0.4 is 15.4 Å². The molecule has 2 N–H and O–H groups in total. The van der Waals surface area contributed by atoms with Gasteiger partial charge in [0.1, 0.15) is 24.5 Å². The summed E-state index contributed by atoms with van der Waals surface area (Å²) >= 11 is 3.48. The Morgan fingerprint density at radius 2 is 2.08 bits per heavy atom. The van der Waals surface area contributed by atoms with Gasteiger partial charge in [-0.05, 0) is 48.4 Å². The molecule has 3 aromatic rings. The van der Waals surface area contributed by atoms with E-state index in [0.29, 0.717) is 19.6 Å². The molecule has 1 aliphatic rings. The Morgan fingerprint density at radius 1 is 1.15 bits per heavy atom. The molecule has 1 aliphatic heterocycles. The first kappa shape index (κ1) is 16.8. The van der Waals surface area contributed by atoms with Crippen molar-refractivity contribution in [1.29, 1.82) is 0 Å². The first-order chi connectivity index (χ1) is 12.7. The highest BCUT2D eigenvalue weighted by Gasteiger charge is 2.15. The van der Waals surface area contributed by atoms with Crippen molar-refractivity contribution < 1.29 is 9.53 Å². The zero-order valence-corrected chi connectivity index (χ0v) is 15.5.